The van der Waals surface area contributed by atoms with Crippen LogP contribution in [-0.4, -0.2) is 43.6 Å². The minimum atomic E-state index is -0.349. The number of hydrogen-bond donors (Lipinski definition) is 2. The number of aromatic nitrogens is 4. The summed E-state index contributed by atoms with van der Waals surface area (Å²) in [4.78, 5) is 16.5. The summed E-state index contributed by atoms with van der Waals surface area (Å²) in [5, 5.41) is 13.7. The summed E-state index contributed by atoms with van der Waals surface area (Å²) in [6, 6.07) is 12.4. The number of nitrogens with zero attached hydrogens (tertiary/aromatic N) is 3. The normalized spacial score (nSPS) is 16.6. The number of carbonyl (C=O) groups excluding carboxylic acids is 1. The van der Waals surface area contributed by atoms with Gasteiger partial charge in [0.1, 0.15) is 0 Å². The zero-order valence-corrected chi connectivity index (χ0v) is 21.4. The molecule has 0 spiro atoms. The van der Waals surface area contributed by atoms with Crippen molar-refractivity contribution in [2.75, 3.05) is 11.9 Å². The van der Waals surface area contributed by atoms with Gasteiger partial charge in [-0.15, -0.1) is 10.2 Å². The molecule has 1 fully saturated rings. The van der Waals surface area contributed by atoms with Crippen LogP contribution in [-0.2, 0) is 16.1 Å². The lowest BCUT2D eigenvalue weighted by atomic mass is 10.1. The molecule has 2 unspecified atom stereocenters. The van der Waals surface area contributed by atoms with Crippen LogP contribution in [0.3, 0.4) is 0 Å². The van der Waals surface area contributed by atoms with Crippen LogP contribution >= 0.6 is 11.8 Å². The third kappa shape index (κ3) is 4.86. The molecular weight excluding hydrogens is 458 g/mol. The number of amides is 1. The fraction of sp³-hybridized carbons (Fsp3) is 0.370. The second-order valence-electron chi connectivity index (χ2n) is 9.32. The van der Waals surface area contributed by atoms with E-state index >= 15 is 0 Å². The molecule has 2 aromatic carbocycles. The van der Waals surface area contributed by atoms with Crippen molar-refractivity contribution < 1.29 is 9.53 Å². The zero-order chi connectivity index (χ0) is 24.5. The minimum Gasteiger partial charge on any atom is -0.376 e. The topological polar surface area (TPSA) is 84.8 Å². The van der Waals surface area contributed by atoms with Crippen LogP contribution in [0.4, 0.5) is 5.69 Å². The number of rotatable bonds is 7. The molecule has 5 rings (SSSR count). The molecule has 2 atom stereocenters. The van der Waals surface area contributed by atoms with Crippen molar-refractivity contribution in [2.24, 2.45) is 0 Å². The van der Waals surface area contributed by atoms with Gasteiger partial charge in [0.25, 0.3) is 0 Å². The van der Waals surface area contributed by atoms with Crippen LogP contribution in [0, 0.1) is 20.8 Å². The predicted octanol–water partition coefficient (Wildman–Crippen LogP) is 5.65. The summed E-state index contributed by atoms with van der Waals surface area (Å²) in [6.45, 7) is 9.48. The van der Waals surface area contributed by atoms with E-state index in [0.29, 0.717) is 6.54 Å². The molecule has 4 aromatic rings. The van der Waals surface area contributed by atoms with E-state index in [4.69, 9.17) is 4.74 Å². The lowest BCUT2D eigenvalue weighted by Gasteiger charge is -2.18. The third-order valence-corrected chi connectivity index (χ3v) is 7.61. The number of H-pyrrole nitrogens is 1. The van der Waals surface area contributed by atoms with E-state index in [2.05, 4.69) is 56.3 Å². The standard InChI is InChI=1S/C27H31N5O2S/c1-16-12-17(2)24(18(3)13-16)29-26(33)19(4)35-27-31-30-25(32(27)15-20-8-7-11-34-20)22-14-28-23-10-6-5-9-21(22)23/h5-6,9-10,12-14,19-20,28H,7-8,11,15H2,1-4H3,(H,29,33). The molecule has 1 saturated heterocycles. The van der Waals surface area contributed by atoms with Crippen molar-refractivity contribution in [3.8, 4) is 11.4 Å². The summed E-state index contributed by atoms with van der Waals surface area (Å²) < 4.78 is 8.05. The molecule has 182 valence electrons. The SMILES string of the molecule is Cc1cc(C)c(NC(=O)C(C)Sc2nnc(-c3c[nH]c4ccccc34)n2CC2CCCO2)c(C)c1. The van der Waals surface area contributed by atoms with Crippen LogP contribution in [0.15, 0.2) is 47.8 Å². The van der Waals surface area contributed by atoms with E-state index in [1.54, 1.807) is 0 Å². The fourth-order valence-corrected chi connectivity index (χ4v) is 5.66. The van der Waals surface area contributed by atoms with Crippen molar-refractivity contribution >= 4 is 34.3 Å². The molecule has 0 radical (unpaired) electrons. The van der Waals surface area contributed by atoms with E-state index in [9.17, 15) is 4.79 Å². The minimum absolute atomic E-state index is 0.0506. The number of benzene rings is 2. The zero-order valence-electron chi connectivity index (χ0n) is 20.6. The van der Waals surface area contributed by atoms with Gasteiger partial charge >= 0.3 is 0 Å². The highest BCUT2D eigenvalue weighted by molar-refractivity contribution is 8.00. The summed E-state index contributed by atoms with van der Waals surface area (Å²) in [5.41, 5.74) is 6.26. The van der Waals surface area contributed by atoms with E-state index < -0.39 is 0 Å². The van der Waals surface area contributed by atoms with Gasteiger partial charge in [-0.2, -0.15) is 0 Å². The number of aromatic amines is 1. The number of ether oxygens (including phenoxy) is 1. The number of fused-ring (bicyclic) bond motifs is 1. The number of carbonyl (C=O) groups is 1. The van der Waals surface area contributed by atoms with Crippen LogP contribution in [0.1, 0.15) is 36.5 Å². The number of nitrogens with one attached hydrogen (secondary N) is 2. The Hall–Kier alpha value is -3.10. The van der Waals surface area contributed by atoms with Crippen LogP contribution < -0.4 is 5.32 Å². The first-order chi connectivity index (χ1) is 16.9. The molecule has 0 saturated carbocycles. The van der Waals surface area contributed by atoms with Crippen LogP contribution in [0.25, 0.3) is 22.3 Å². The van der Waals surface area contributed by atoms with Gasteiger partial charge in [-0.3, -0.25) is 9.36 Å². The highest BCUT2D eigenvalue weighted by Gasteiger charge is 2.26. The van der Waals surface area contributed by atoms with Crippen molar-refractivity contribution in [3.05, 3.63) is 59.3 Å². The highest BCUT2D eigenvalue weighted by Crippen LogP contribution is 2.33. The van der Waals surface area contributed by atoms with Gasteiger partial charge in [0.2, 0.25) is 5.91 Å². The largest absolute Gasteiger partial charge is 0.376 e. The van der Waals surface area contributed by atoms with Crippen molar-refractivity contribution in [3.63, 3.8) is 0 Å². The molecule has 1 amide bonds. The van der Waals surface area contributed by atoms with E-state index in [1.165, 1.54) is 17.3 Å². The number of aryl methyl sites for hydroxylation is 3. The first-order valence-electron chi connectivity index (χ1n) is 12.1. The van der Waals surface area contributed by atoms with Gasteiger partial charge in [-0.1, -0.05) is 47.7 Å². The number of thioether (sulfide) groups is 1. The fourth-order valence-electron chi connectivity index (χ4n) is 4.80. The first-order valence-corrected chi connectivity index (χ1v) is 13.0. The lowest BCUT2D eigenvalue weighted by Crippen LogP contribution is -2.24. The molecule has 0 bridgehead atoms. The van der Waals surface area contributed by atoms with Gasteiger partial charge in [-0.25, -0.2) is 0 Å². The molecular formula is C27H31N5O2S. The molecule has 2 N–H and O–H groups in total. The van der Waals surface area contributed by atoms with Crippen LogP contribution in [0.5, 0.6) is 0 Å². The highest BCUT2D eigenvalue weighted by atomic mass is 32.2. The van der Waals surface area contributed by atoms with Crippen molar-refractivity contribution in [2.45, 2.75) is 63.6 Å². The number of anilines is 1. The Balaban J connectivity index is 1.42. The van der Waals surface area contributed by atoms with Gasteiger partial charge in [0.05, 0.1) is 17.9 Å². The van der Waals surface area contributed by atoms with Crippen LogP contribution in [0.2, 0.25) is 0 Å². The second-order valence-corrected chi connectivity index (χ2v) is 10.6. The van der Waals surface area contributed by atoms with Gasteiger partial charge in [0.15, 0.2) is 11.0 Å². The van der Waals surface area contributed by atoms with Gasteiger partial charge in [0, 0.05) is 35.0 Å². The summed E-state index contributed by atoms with van der Waals surface area (Å²) >= 11 is 1.43. The third-order valence-electron chi connectivity index (χ3n) is 6.53. The molecule has 3 heterocycles. The Morgan fingerprint density at radius 3 is 2.74 bits per heavy atom. The average Bonchev–Trinajstić information content (AvgIpc) is 3.57. The number of hydrogen-bond acceptors (Lipinski definition) is 5. The molecule has 35 heavy (non-hydrogen) atoms. The Labute approximate surface area is 209 Å². The van der Waals surface area contributed by atoms with Gasteiger partial charge in [-0.05, 0) is 57.7 Å². The Morgan fingerprint density at radius 2 is 2.00 bits per heavy atom. The monoisotopic (exact) mass is 489 g/mol. The molecule has 7 nitrogen and oxygen atoms in total. The maximum atomic E-state index is 13.2. The van der Waals surface area contributed by atoms with Gasteiger partial charge < -0.3 is 15.0 Å². The summed E-state index contributed by atoms with van der Waals surface area (Å²) in [5.74, 6) is 0.739. The lowest BCUT2D eigenvalue weighted by molar-refractivity contribution is -0.115. The maximum Gasteiger partial charge on any atom is 0.237 e. The molecule has 8 heteroatoms. The Kier molecular flexibility index (Phi) is 6.67. The predicted molar refractivity (Wildman–Crippen MR) is 141 cm³/mol. The number of para-hydroxylation sites is 1. The molecule has 1 aliphatic heterocycles. The Bertz CT molecular complexity index is 1350. The molecule has 0 aliphatic carbocycles. The quantitative estimate of drug-likeness (QED) is 0.328. The molecule has 1 aliphatic rings. The Morgan fingerprint density at radius 1 is 1.23 bits per heavy atom. The first kappa shape index (κ1) is 23.6. The van der Waals surface area contributed by atoms with E-state index in [1.807, 2.05) is 39.1 Å². The van der Waals surface area contributed by atoms with E-state index in [-0.39, 0.29) is 17.3 Å². The summed E-state index contributed by atoms with van der Waals surface area (Å²) in [6.07, 6.45) is 4.17. The maximum absolute atomic E-state index is 13.2. The van der Waals surface area contributed by atoms with Crippen molar-refractivity contribution in [1.29, 1.82) is 0 Å². The summed E-state index contributed by atoms with van der Waals surface area (Å²) in [7, 11) is 0. The van der Waals surface area contributed by atoms with E-state index in [0.717, 1.165) is 63.7 Å². The van der Waals surface area contributed by atoms with Crippen molar-refractivity contribution in [1.82, 2.24) is 19.7 Å². The average molecular weight is 490 g/mol. The smallest absolute Gasteiger partial charge is 0.237 e. The second kappa shape index (κ2) is 9.87. The molecule has 2 aromatic heterocycles.